The van der Waals surface area contributed by atoms with Crippen molar-refractivity contribution >= 4 is 10.8 Å². The molecule has 20 heavy (non-hydrogen) atoms. The molecular weight excluding hydrogens is 248 g/mol. The van der Waals surface area contributed by atoms with Gasteiger partial charge in [-0.3, -0.25) is 0 Å². The Morgan fingerprint density at radius 1 is 1.15 bits per heavy atom. The fourth-order valence-electron chi connectivity index (χ4n) is 3.83. The summed E-state index contributed by atoms with van der Waals surface area (Å²) in [6.45, 7) is 2.94. The van der Waals surface area contributed by atoms with Crippen LogP contribution >= 0.6 is 0 Å². The molecule has 3 unspecified atom stereocenters. The van der Waals surface area contributed by atoms with Crippen molar-refractivity contribution in [2.24, 2.45) is 5.92 Å². The topological polar surface area (TPSA) is 29.5 Å². The summed E-state index contributed by atoms with van der Waals surface area (Å²) in [7, 11) is 0. The molecule has 3 atom stereocenters. The van der Waals surface area contributed by atoms with Crippen molar-refractivity contribution in [1.82, 2.24) is 0 Å². The van der Waals surface area contributed by atoms with Crippen LogP contribution in [0.25, 0.3) is 10.8 Å². The fraction of sp³-hybridized carbons (Fsp3) is 0.444. The van der Waals surface area contributed by atoms with Crippen molar-refractivity contribution in [3.05, 3.63) is 47.0 Å². The predicted octanol–water partition coefficient (Wildman–Crippen LogP) is 3.40. The van der Waals surface area contributed by atoms with Crippen LogP contribution in [-0.2, 0) is 17.6 Å². The minimum atomic E-state index is -0.516. The molecule has 2 heteroatoms. The second-order valence-electron chi connectivity index (χ2n) is 6.20. The Morgan fingerprint density at radius 2 is 1.95 bits per heavy atom. The van der Waals surface area contributed by atoms with Gasteiger partial charge in [0.25, 0.3) is 0 Å². The van der Waals surface area contributed by atoms with Gasteiger partial charge in [0.15, 0.2) is 0 Å². The molecule has 104 valence electrons. The third-order valence-corrected chi connectivity index (χ3v) is 4.98. The number of aliphatic hydroxyl groups is 1. The first-order valence-corrected chi connectivity index (χ1v) is 7.59. The first-order valence-electron chi connectivity index (χ1n) is 7.59. The molecule has 1 heterocycles. The summed E-state index contributed by atoms with van der Waals surface area (Å²) in [5, 5.41) is 13.4. The number of benzene rings is 2. The number of aryl methyl sites for hydroxylation is 2. The summed E-state index contributed by atoms with van der Waals surface area (Å²) in [6, 6.07) is 10.8. The van der Waals surface area contributed by atoms with Crippen molar-refractivity contribution < 1.29 is 9.84 Å². The maximum Gasteiger partial charge on any atom is 0.106 e. The van der Waals surface area contributed by atoms with E-state index in [0.29, 0.717) is 5.92 Å². The molecule has 0 amide bonds. The van der Waals surface area contributed by atoms with E-state index in [1.165, 1.54) is 21.9 Å². The van der Waals surface area contributed by atoms with Gasteiger partial charge in [-0.25, -0.2) is 0 Å². The van der Waals surface area contributed by atoms with Crippen LogP contribution in [0.15, 0.2) is 30.3 Å². The number of hydrogen-bond acceptors (Lipinski definition) is 2. The number of ether oxygens (including phenoxy) is 1. The standard InChI is InChI=1S/C18H20O2/c1-11-9-10-20-18(11)17(19)15-8-7-13-6-5-12-3-2-4-14(15)16(12)13/h2-4,7-8,11,17-19H,5-6,9-10H2,1H3. The summed E-state index contributed by atoms with van der Waals surface area (Å²) in [5.41, 5.74) is 3.88. The molecule has 1 N–H and O–H groups in total. The highest BCUT2D eigenvalue weighted by Crippen LogP contribution is 2.38. The lowest BCUT2D eigenvalue weighted by Crippen LogP contribution is -2.23. The van der Waals surface area contributed by atoms with Crippen molar-refractivity contribution in [2.75, 3.05) is 6.61 Å². The summed E-state index contributed by atoms with van der Waals surface area (Å²) in [6.07, 6.45) is 2.72. The van der Waals surface area contributed by atoms with Crippen LogP contribution in [0.5, 0.6) is 0 Å². The predicted molar refractivity (Wildman–Crippen MR) is 79.8 cm³/mol. The van der Waals surface area contributed by atoms with Gasteiger partial charge in [-0.1, -0.05) is 37.3 Å². The molecule has 0 aromatic heterocycles. The molecule has 0 spiro atoms. The molecule has 2 aromatic carbocycles. The zero-order valence-electron chi connectivity index (χ0n) is 11.8. The molecule has 1 aliphatic heterocycles. The van der Waals surface area contributed by atoms with Crippen LogP contribution in [0.3, 0.4) is 0 Å². The average Bonchev–Trinajstić information content (AvgIpc) is 3.07. The van der Waals surface area contributed by atoms with Crippen LogP contribution < -0.4 is 0 Å². The van der Waals surface area contributed by atoms with Gasteiger partial charge < -0.3 is 9.84 Å². The number of hydrogen-bond donors (Lipinski definition) is 1. The molecular formula is C18H20O2. The molecule has 0 bridgehead atoms. The van der Waals surface area contributed by atoms with E-state index < -0.39 is 6.10 Å². The summed E-state index contributed by atoms with van der Waals surface area (Å²) < 4.78 is 5.76. The van der Waals surface area contributed by atoms with E-state index in [4.69, 9.17) is 4.74 Å². The third kappa shape index (κ3) is 1.72. The Morgan fingerprint density at radius 3 is 2.70 bits per heavy atom. The molecule has 1 fully saturated rings. The first-order chi connectivity index (χ1) is 9.75. The monoisotopic (exact) mass is 268 g/mol. The number of rotatable bonds is 2. The molecule has 4 rings (SSSR count). The zero-order chi connectivity index (χ0) is 13.7. The third-order valence-electron chi connectivity index (χ3n) is 4.98. The molecule has 2 aromatic rings. The normalized spacial score (nSPS) is 26.3. The molecule has 1 saturated heterocycles. The van der Waals surface area contributed by atoms with Crippen molar-refractivity contribution in [1.29, 1.82) is 0 Å². The minimum Gasteiger partial charge on any atom is -0.386 e. The highest BCUT2D eigenvalue weighted by molar-refractivity contribution is 5.93. The second kappa shape index (κ2) is 4.57. The van der Waals surface area contributed by atoms with Gasteiger partial charge in [-0.2, -0.15) is 0 Å². The highest BCUT2D eigenvalue weighted by atomic mass is 16.5. The quantitative estimate of drug-likeness (QED) is 0.904. The maximum absolute atomic E-state index is 10.8. The van der Waals surface area contributed by atoms with Gasteiger partial charge in [0.2, 0.25) is 0 Å². The lowest BCUT2D eigenvalue weighted by molar-refractivity contribution is -0.0171. The average molecular weight is 268 g/mol. The van der Waals surface area contributed by atoms with E-state index in [0.717, 1.165) is 31.4 Å². The smallest absolute Gasteiger partial charge is 0.106 e. The van der Waals surface area contributed by atoms with Crippen molar-refractivity contribution in [3.8, 4) is 0 Å². The number of aliphatic hydroxyl groups excluding tert-OH is 1. The minimum absolute atomic E-state index is 0.0616. The Bertz CT molecular complexity index is 652. The summed E-state index contributed by atoms with van der Waals surface area (Å²) in [5.74, 6) is 0.424. The largest absolute Gasteiger partial charge is 0.386 e. The molecule has 0 saturated carbocycles. The van der Waals surface area contributed by atoms with E-state index >= 15 is 0 Å². The maximum atomic E-state index is 10.8. The molecule has 1 aliphatic carbocycles. The van der Waals surface area contributed by atoms with Gasteiger partial charge in [0, 0.05) is 6.61 Å². The Kier molecular flexibility index (Phi) is 2.83. The Hall–Kier alpha value is -1.38. The van der Waals surface area contributed by atoms with Gasteiger partial charge >= 0.3 is 0 Å². The van der Waals surface area contributed by atoms with Crippen LogP contribution in [0, 0.1) is 5.92 Å². The van der Waals surface area contributed by atoms with E-state index in [9.17, 15) is 5.11 Å². The van der Waals surface area contributed by atoms with Gasteiger partial charge in [-0.05, 0) is 52.6 Å². The van der Waals surface area contributed by atoms with Gasteiger partial charge in [0.1, 0.15) is 6.10 Å². The summed E-state index contributed by atoms with van der Waals surface area (Å²) >= 11 is 0. The second-order valence-corrected chi connectivity index (χ2v) is 6.20. The SMILES string of the molecule is CC1CCOC1C(O)c1ccc2c3c(cccc13)CC2. The van der Waals surface area contributed by atoms with Crippen molar-refractivity contribution in [2.45, 2.75) is 38.4 Å². The van der Waals surface area contributed by atoms with Crippen LogP contribution in [0.1, 0.15) is 36.1 Å². The summed E-state index contributed by atoms with van der Waals surface area (Å²) in [4.78, 5) is 0. The zero-order valence-corrected chi connectivity index (χ0v) is 11.8. The highest BCUT2D eigenvalue weighted by Gasteiger charge is 2.33. The van der Waals surface area contributed by atoms with E-state index in [2.05, 4.69) is 37.3 Å². The Balaban J connectivity index is 1.85. The molecule has 2 aliphatic rings. The fourth-order valence-corrected chi connectivity index (χ4v) is 3.83. The molecule has 2 nitrogen and oxygen atoms in total. The van der Waals surface area contributed by atoms with Crippen LogP contribution in [0.4, 0.5) is 0 Å². The van der Waals surface area contributed by atoms with Gasteiger partial charge in [-0.15, -0.1) is 0 Å². The molecule has 0 radical (unpaired) electrons. The first kappa shape index (κ1) is 12.4. The lowest BCUT2D eigenvalue weighted by atomic mass is 9.90. The lowest BCUT2D eigenvalue weighted by Gasteiger charge is -2.23. The van der Waals surface area contributed by atoms with E-state index in [1.54, 1.807) is 0 Å². The van der Waals surface area contributed by atoms with Crippen LogP contribution in [-0.4, -0.2) is 17.8 Å². The Labute approximate surface area is 119 Å². The van der Waals surface area contributed by atoms with Crippen LogP contribution in [0.2, 0.25) is 0 Å². The van der Waals surface area contributed by atoms with Crippen molar-refractivity contribution in [3.63, 3.8) is 0 Å². The van der Waals surface area contributed by atoms with E-state index in [1.807, 2.05) is 0 Å². The van der Waals surface area contributed by atoms with E-state index in [-0.39, 0.29) is 6.10 Å². The van der Waals surface area contributed by atoms with Gasteiger partial charge in [0.05, 0.1) is 6.10 Å².